The zero-order valence-electron chi connectivity index (χ0n) is 9.38. The third-order valence-corrected chi connectivity index (χ3v) is 4.73. The topological polar surface area (TPSA) is 29.3 Å². The molecule has 0 atom stereocenters. The number of thioether (sulfide) groups is 1. The molecule has 0 aromatic carbocycles. The van der Waals surface area contributed by atoms with Crippen LogP contribution in [0.25, 0.3) is 0 Å². The lowest BCUT2D eigenvalue weighted by molar-refractivity contribution is 0.260. The molecule has 0 bridgehead atoms. The van der Waals surface area contributed by atoms with Gasteiger partial charge in [-0.05, 0) is 25.8 Å². The Hall–Kier alpha value is 0.270. The number of hydrogen-bond donors (Lipinski definition) is 1. The smallest absolute Gasteiger partial charge is 0.0284 e. The van der Waals surface area contributed by atoms with E-state index in [-0.39, 0.29) is 5.54 Å². The fraction of sp³-hybridized carbons (Fsp3) is 1.00. The predicted octanol–water partition coefficient (Wildman–Crippen LogP) is 1.70. The van der Waals surface area contributed by atoms with E-state index in [0.29, 0.717) is 4.75 Å². The van der Waals surface area contributed by atoms with E-state index in [1.165, 1.54) is 38.1 Å². The summed E-state index contributed by atoms with van der Waals surface area (Å²) < 4.78 is 0.472. The van der Waals surface area contributed by atoms with Crippen molar-refractivity contribution in [3.8, 4) is 0 Å². The second-order valence-electron chi connectivity index (χ2n) is 5.50. The number of nitrogens with two attached hydrogens (primary N) is 1. The Bertz CT molecular complexity index is 211. The minimum absolute atomic E-state index is 0.194. The molecule has 0 aromatic heterocycles. The Morgan fingerprint density at radius 2 is 1.93 bits per heavy atom. The molecule has 1 aliphatic heterocycles. The number of rotatable bonds is 2. The van der Waals surface area contributed by atoms with E-state index < -0.39 is 0 Å². The third kappa shape index (κ3) is 2.88. The van der Waals surface area contributed by atoms with E-state index >= 15 is 0 Å². The maximum atomic E-state index is 6.15. The molecule has 0 radical (unpaired) electrons. The van der Waals surface area contributed by atoms with Crippen molar-refractivity contribution in [1.29, 1.82) is 0 Å². The fourth-order valence-electron chi connectivity index (χ4n) is 1.98. The van der Waals surface area contributed by atoms with Gasteiger partial charge >= 0.3 is 0 Å². The molecule has 1 heterocycles. The number of nitrogens with zero attached hydrogens (tertiary/aromatic N) is 1. The van der Waals surface area contributed by atoms with Crippen LogP contribution >= 0.6 is 11.8 Å². The second kappa shape index (κ2) is 3.69. The van der Waals surface area contributed by atoms with Crippen molar-refractivity contribution in [2.45, 2.75) is 43.4 Å². The molecule has 1 saturated heterocycles. The summed E-state index contributed by atoms with van der Waals surface area (Å²) in [5.74, 6) is 1.27. The van der Waals surface area contributed by atoms with Crippen LogP contribution in [0, 0.1) is 0 Å². The summed E-state index contributed by atoms with van der Waals surface area (Å²) in [6.07, 6.45) is 3.77. The zero-order chi connectivity index (χ0) is 10.2. The maximum Gasteiger partial charge on any atom is 0.0284 e. The van der Waals surface area contributed by atoms with Gasteiger partial charge in [-0.1, -0.05) is 13.8 Å². The predicted molar refractivity (Wildman–Crippen MR) is 63.7 cm³/mol. The molecular formula is C11H22N2S. The fourth-order valence-corrected chi connectivity index (χ4v) is 3.12. The minimum Gasteiger partial charge on any atom is -0.324 e. The molecule has 0 unspecified atom stereocenters. The van der Waals surface area contributed by atoms with E-state index in [1.807, 2.05) is 0 Å². The van der Waals surface area contributed by atoms with Gasteiger partial charge < -0.3 is 10.6 Å². The van der Waals surface area contributed by atoms with Gasteiger partial charge in [0.05, 0.1) is 0 Å². The first-order valence-electron chi connectivity index (χ1n) is 5.64. The minimum atomic E-state index is 0.194. The average molecular weight is 214 g/mol. The third-order valence-electron chi connectivity index (χ3n) is 3.36. The lowest BCUT2D eigenvalue weighted by Gasteiger charge is -2.24. The summed E-state index contributed by atoms with van der Waals surface area (Å²) in [5, 5.41) is 0. The average Bonchev–Trinajstić information content (AvgIpc) is 2.80. The molecule has 1 aliphatic carbocycles. The van der Waals surface area contributed by atoms with E-state index in [0.717, 1.165) is 6.54 Å². The Labute approximate surface area is 91.6 Å². The molecule has 2 nitrogen and oxygen atoms in total. The van der Waals surface area contributed by atoms with Gasteiger partial charge in [0, 0.05) is 29.1 Å². The van der Waals surface area contributed by atoms with Crippen LogP contribution in [0.3, 0.4) is 0 Å². The summed E-state index contributed by atoms with van der Waals surface area (Å²) in [6.45, 7) is 8.31. The van der Waals surface area contributed by atoms with Crippen molar-refractivity contribution in [2.75, 3.05) is 25.4 Å². The van der Waals surface area contributed by atoms with Gasteiger partial charge in [0.25, 0.3) is 0 Å². The van der Waals surface area contributed by atoms with Gasteiger partial charge in [-0.3, -0.25) is 0 Å². The van der Waals surface area contributed by atoms with Crippen LogP contribution in [-0.2, 0) is 0 Å². The number of hydrogen-bond acceptors (Lipinski definition) is 3. The zero-order valence-corrected chi connectivity index (χ0v) is 10.2. The highest BCUT2D eigenvalue weighted by Crippen LogP contribution is 2.35. The van der Waals surface area contributed by atoms with Crippen LogP contribution in [0.5, 0.6) is 0 Å². The van der Waals surface area contributed by atoms with Crippen molar-refractivity contribution in [2.24, 2.45) is 5.73 Å². The monoisotopic (exact) mass is 214 g/mol. The standard InChI is InChI=1S/C11H22N2S/c1-10(2)5-6-13(7-8-14-10)9-11(12)3-4-11/h3-9,12H2,1-2H3. The van der Waals surface area contributed by atoms with E-state index in [4.69, 9.17) is 5.73 Å². The highest BCUT2D eigenvalue weighted by atomic mass is 32.2. The van der Waals surface area contributed by atoms with Crippen molar-refractivity contribution in [3.05, 3.63) is 0 Å². The maximum absolute atomic E-state index is 6.15. The molecule has 0 amide bonds. The Morgan fingerprint density at radius 3 is 2.57 bits per heavy atom. The molecule has 2 aliphatic rings. The summed E-state index contributed by atoms with van der Waals surface area (Å²) >= 11 is 2.11. The molecule has 2 rings (SSSR count). The SMILES string of the molecule is CC1(C)CCN(CC2(N)CC2)CCS1. The summed E-state index contributed by atoms with van der Waals surface area (Å²) in [6, 6.07) is 0. The van der Waals surface area contributed by atoms with Gasteiger partial charge in [-0.15, -0.1) is 0 Å². The van der Waals surface area contributed by atoms with Crippen molar-refractivity contribution in [1.82, 2.24) is 4.90 Å². The summed E-state index contributed by atoms with van der Waals surface area (Å²) in [5.41, 5.74) is 6.34. The van der Waals surface area contributed by atoms with Crippen LogP contribution < -0.4 is 5.73 Å². The molecule has 14 heavy (non-hydrogen) atoms. The molecule has 0 aromatic rings. The normalized spacial score (nSPS) is 31.1. The quantitative estimate of drug-likeness (QED) is 0.758. The first kappa shape index (κ1) is 10.8. The molecule has 2 N–H and O–H groups in total. The molecule has 82 valence electrons. The highest BCUT2D eigenvalue weighted by molar-refractivity contribution is 8.00. The largest absolute Gasteiger partial charge is 0.324 e. The molecule has 0 spiro atoms. The lowest BCUT2D eigenvalue weighted by Crippen LogP contribution is -2.40. The van der Waals surface area contributed by atoms with Crippen molar-refractivity contribution < 1.29 is 0 Å². The Balaban J connectivity index is 1.83. The van der Waals surface area contributed by atoms with Crippen LogP contribution in [0.4, 0.5) is 0 Å². The van der Waals surface area contributed by atoms with Gasteiger partial charge in [0.2, 0.25) is 0 Å². The second-order valence-corrected chi connectivity index (χ2v) is 7.30. The van der Waals surface area contributed by atoms with E-state index in [1.54, 1.807) is 0 Å². The van der Waals surface area contributed by atoms with Crippen LogP contribution in [0.2, 0.25) is 0 Å². The van der Waals surface area contributed by atoms with E-state index in [2.05, 4.69) is 30.5 Å². The summed E-state index contributed by atoms with van der Waals surface area (Å²) in [7, 11) is 0. The lowest BCUT2D eigenvalue weighted by atomic mass is 10.1. The van der Waals surface area contributed by atoms with Crippen LogP contribution in [0.1, 0.15) is 33.1 Å². The first-order chi connectivity index (χ1) is 6.49. The van der Waals surface area contributed by atoms with Crippen molar-refractivity contribution in [3.63, 3.8) is 0 Å². The Kier molecular flexibility index (Phi) is 2.84. The van der Waals surface area contributed by atoms with Crippen LogP contribution in [0.15, 0.2) is 0 Å². The highest BCUT2D eigenvalue weighted by Gasteiger charge is 2.40. The van der Waals surface area contributed by atoms with Gasteiger partial charge in [-0.2, -0.15) is 11.8 Å². The summed E-state index contributed by atoms with van der Waals surface area (Å²) in [4.78, 5) is 2.56. The van der Waals surface area contributed by atoms with Gasteiger partial charge in [0.1, 0.15) is 0 Å². The van der Waals surface area contributed by atoms with E-state index in [9.17, 15) is 0 Å². The first-order valence-corrected chi connectivity index (χ1v) is 6.63. The van der Waals surface area contributed by atoms with Crippen molar-refractivity contribution >= 4 is 11.8 Å². The van der Waals surface area contributed by atoms with Gasteiger partial charge in [-0.25, -0.2) is 0 Å². The molecule has 3 heteroatoms. The molecule has 2 fully saturated rings. The molecular weight excluding hydrogens is 192 g/mol. The molecule has 1 saturated carbocycles. The van der Waals surface area contributed by atoms with Gasteiger partial charge in [0.15, 0.2) is 0 Å². The van der Waals surface area contributed by atoms with Crippen LogP contribution in [-0.4, -0.2) is 40.6 Å². The Morgan fingerprint density at radius 1 is 1.21 bits per heavy atom.